The van der Waals surface area contributed by atoms with Crippen LogP contribution in [0.5, 0.6) is 0 Å². The van der Waals surface area contributed by atoms with Crippen molar-refractivity contribution in [2.45, 2.75) is 13.8 Å². The van der Waals surface area contributed by atoms with Gasteiger partial charge in [-0.2, -0.15) is 5.26 Å². The van der Waals surface area contributed by atoms with Gasteiger partial charge in [0.25, 0.3) is 0 Å². The largest absolute Gasteiger partial charge is 0.325 e. The maximum absolute atomic E-state index is 12.8. The van der Waals surface area contributed by atoms with Crippen LogP contribution in [0.4, 0.5) is 11.4 Å². The first kappa shape index (κ1) is 18.1. The smallest absolute Gasteiger partial charge is 0.239 e. The first-order valence-electron chi connectivity index (χ1n) is 8.38. The maximum Gasteiger partial charge on any atom is 0.239 e. The van der Waals surface area contributed by atoms with E-state index < -0.39 is 17.2 Å². The fraction of sp³-hybridized carbons (Fsp3) is 0.143. The van der Waals surface area contributed by atoms with E-state index in [2.05, 4.69) is 15.6 Å². The molecule has 1 aromatic heterocycles. The van der Waals surface area contributed by atoms with Crippen molar-refractivity contribution in [3.05, 3.63) is 66.4 Å². The number of hydrogen-bond acceptors (Lipinski definition) is 4. The third-order valence-electron chi connectivity index (χ3n) is 4.27. The molecular weight excluding hydrogens is 340 g/mol. The van der Waals surface area contributed by atoms with Gasteiger partial charge < -0.3 is 10.6 Å². The molecule has 0 saturated carbocycles. The Bertz CT molecular complexity index is 1060. The Morgan fingerprint density at radius 1 is 1.00 bits per heavy atom. The molecule has 0 spiro atoms. The number of hydrogen-bond donors (Lipinski definition) is 2. The van der Waals surface area contributed by atoms with Crippen LogP contribution in [0.3, 0.4) is 0 Å². The molecule has 0 bridgehead atoms. The van der Waals surface area contributed by atoms with Gasteiger partial charge in [-0.3, -0.25) is 14.6 Å². The molecule has 0 radical (unpaired) electrons. The van der Waals surface area contributed by atoms with Crippen LogP contribution in [-0.2, 0) is 9.59 Å². The third kappa shape index (κ3) is 3.77. The van der Waals surface area contributed by atoms with Crippen LogP contribution in [0.1, 0.15) is 19.4 Å². The fourth-order valence-electron chi connectivity index (χ4n) is 2.54. The van der Waals surface area contributed by atoms with E-state index in [9.17, 15) is 9.59 Å². The zero-order valence-electron chi connectivity index (χ0n) is 15.0. The van der Waals surface area contributed by atoms with Crippen molar-refractivity contribution in [3.63, 3.8) is 0 Å². The molecule has 2 aromatic carbocycles. The molecule has 6 nitrogen and oxygen atoms in total. The van der Waals surface area contributed by atoms with E-state index in [-0.39, 0.29) is 0 Å². The molecule has 0 fully saturated rings. The van der Waals surface area contributed by atoms with Gasteiger partial charge in [-0.25, -0.2) is 0 Å². The lowest BCUT2D eigenvalue weighted by Crippen LogP contribution is -2.41. The minimum Gasteiger partial charge on any atom is -0.325 e. The molecule has 0 aliphatic carbocycles. The summed E-state index contributed by atoms with van der Waals surface area (Å²) in [7, 11) is 0. The molecule has 6 heteroatoms. The van der Waals surface area contributed by atoms with E-state index in [1.54, 1.807) is 50.4 Å². The Labute approximate surface area is 156 Å². The van der Waals surface area contributed by atoms with Gasteiger partial charge in [-0.1, -0.05) is 24.3 Å². The van der Waals surface area contributed by atoms with Gasteiger partial charge in [0, 0.05) is 17.3 Å². The van der Waals surface area contributed by atoms with Crippen molar-refractivity contribution in [2.75, 3.05) is 10.6 Å². The highest BCUT2D eigenvalue weighted by Crippen LogP contribution is 2.25. The van der Waals surface area contributed by atoms with Gasteiger partial charge in [0.2, 0.25) is 11.8 Å². The Hall–Kier alpha value is -3.72. The van der Waals surface area contributed by atoms with Crippen molar-refractivity contribution < 1.29 is 9.59 Å². The summed E-state index contributed by atoms with van der Waals surface area (Å²) in [6.07, 6.45) is 1.65. The average Bonchev–Trinajstić information content (AvgIpc) is 2.68. The van der Waals surface area contributed by atoms with E-state index in [0.29, 0.717) is 22.5 Å². The number of amides is 2. The van der Waals surface area contributed by atoms with Crippen LogP contribution in [-0.4, -0.2) is 16.8 Å². The minimum absolute atomic E-state index is 0.428. The normalized spacial score (nSPS) is 10.9. The molecule has 0 aliphatic rings. The topological polar surface area (TPSA) is 94.9 Å². The van der Waals surface area contributed by atoms with Crippen LogP contribution >= 0.6 is 0 Å². The lowest BCUT2D eigenvalue weighted by molar-refractivity contribution is -0.135. The van der Waals surface area contributed by atoms with Crippen LogP contribution in [0, 0.1) is 16.7 Å². The summed E-state index contributed by atoms with van der Waals surface area (Å²) in [6, 6.07) is 17.7. The highest BCUT2D eigenvalue weighted by molar-refractivity contribution is 6.15. The number of pyridine rings is 1. The Balaban J connectivity index is 1.80. The van der Waals surface area contributed by atoms with Crippen molar-refractivity contribution in [1.82, 2.24) is 4.98 Å². The maximum atomic E-state index is 12.8. The SMILES string of the molecule is CC(C)(C(=O)Nc1cccc(C#N)c1)C(=O)Nc1cccc2cccnc12. The van der Waals surface area contributed by atoms with E-state index >= 15 is 0 Å². The van der Waals surface area contributed by atoms with Gasteiger partial charge in [0.15, 0.2) is 0 Å². The molecule has 27 heavy (non-hydrogen) atoms. The van der Waals surface area contributed by atoms with Gasteiger partial charge in [-0.15, -0.1) is 0 Å². The quantitative estimate of drug-likeness (QED) is 0.695. The minimum atomic E-state index is -1.33. The number of rotatable bonds is 4. The average molecular weight is 358 g/mol. The van der Waals surface area contributed by atoms with Crippen molar-refractivity contribution in [3.8, 4) is 6.07 Å². The van der Waals surface area contributed by atoms with E-state index in [0.717, 1.165) is 5.39 Å². The Morgan fingerprint density at radius 3 is 2.48 bits per heavy atom. The number of benzene rings is 2. The van der Waals surface area contributed by atoms with Crippen LogP contribution < -0.4 is 10.6 Å². The standard InChI is InChI=1S/C21H18N4O2/c1-21(2,19(26)24-16-9-3-6-14(12-16)13-22)20(27)25-17-10-4-7-15-8-5-11-23-18(15)17/h3-12H,1-2H3,(H,24,26)(H,25,27). The number of carbonyl (C=O) groups excluding carboxylic acids is 2. The number of carbonyl (C=O) groups is 2. The molecule has 0 saturated heterocycles. The highest BCUT2D eigenvalue weighted by atomic mass is 16.2. The zero-order chi connectivity index (χ0) is 19.4. The van der Waals surface area contributed by atoms with Crippen LogP contribution in [0.2, 0.25) is 0 Å². The van der Waals surface area contributed by atoms with Gasteiger partial charge in [0.05, 0.1) is 22.8 Å². The summed E-state index contributed by atoms with van der Waals surface area (Å²) in [5.74, 6) is -0.919. The zero-order valence-corrected chi connectivity index (χ0v) is 15.0. The van der Waals surface area contributed by atoms with Crippen LogP contribution in [0.15, 0.2) is 60.8 Å². The molecule has 0 unspecified atom stereocenters. The van der Waals surface area contributed by atoms with Crippen molar-refractivity contribution in [1.29, 1.82) is 5.26 Å². The highest BCUT2D eigenvalue weighted by Gasteiger charge is 2.36. The molecule has 3 aromatic rings. The lowest BCUT2D eigenvalue weighted by Gasteiger charge is -2.23. The summed E-state index contributed by atoms with van der Waals surface area (Å²) >= 11 is 0. The Morgan fingerprint density at radius 2 is 1.70 bits per heavy atom. The molecule has 0 atom stereocenters. The van der Waals surface area contributed by atoms with Gasteiger partial charge >= 0.3 is 0 Å². The van der Waals surface area contributed by atoms with E-state index in [1.807, 2.05) is 30.3 Å². The van der Waals surface area contributed by atoms with Crippen molar-refractivity contribution in [2.24, 2.45) is 5.41 Å². The number of nitrogens with one attached hydrogen (secondary N) is 2. The van der Waals surface area contributed by atoms with E-state index in [4.69, 9.17) is 5.26 Å². The third-order valence-corrected chi connectivity index (χ3v) is 4.27. The molecule has 2 N–H and O–H groups in total. The number of nitrogens with zero attached hydrogens (tertiary/aromatic N) is 2. The number of anilines is 2. The van der Waals surface area contributed by atoms with Gasteiger partial charge in [-0.05, 0) is 44.2 Å². The number of para-hydroxylation sites is 1. The summed E-state index contributed by atoms with van der Waals surface area (Å²) in [5, 5.41) is 15.4. The number of nitriles is 1. The molecule has 3 rings (SSSR count). The summed E-state index contributed by atoms with van der Waals surface area (Å²) < 4.78 is 0. The molecule has 134 valence electrons. The number of aromatic nitrogens is 1. The fourth-order valence-corrected chi connectivity index (χ4v) is 2.54. The predicted octanol–water partition coefficient (Wildman–Crippen LogP) is 3.71. The Kier molecular flexibility index (Phi) is 4.86. The van der Waals surface area contributed by atoms with E-state index in [1.165, 1.54) is 0 Å². The predicted molar refractivity (Wildman–Crippen MR) is 104 cm³/mol. The second-order valence-electron chi connectivity index (χ2n) is 6.61. The summed E-state index contributed by atoms with van der Waals surface area (Å²) in [6.45, 7) is 3.09. The lowest BCUT2D eigenvalue weighted by atomic mass is 9.90. The van der Waals surface area contributed by atoms with Crippen LogP contribution in [0.25, 0.3) is 10.9 Å². The number of fused-ring (bicyclic) bond motifs is 1. The molecule has 1 heterocycles. The van der Waals surface area contributed by atoms with Gasteiger partial charge in [0.1, 0.15) is 5.41 Å². The molecular formula is C21H18N4O2. The first-order valence-corrected chi connectivity index (χ1v) is 8.38. The molecule has 2 amide bonds. The summed E-state index contributed by atoms with van der Waals surface area (Å²) in [4.78, 5) is 29.7. The monoisotopic (exact) mass is 358 g/mol. The second-order valence-corrected chi connectivity index (χ2v) is 6.61. The first-order chi connectivity index (χ1) is 12.9. The molecule has 0 aliphatic heterocycles. The van der Waals surface area contributed by atoms with Crippen molar-refractivity contribution >= 4 is 34.1 Å². The summed E-state index contributed by atoms with van der Waals surface area (Å²) in [5.41, 5.74) is 0.764. The second kappa shape index (κ2) is 7.26.